The summed E-state index contributed by atoms with van der Waals surface area (Å²) in [6, 6.07) is 8.81. The fourth-order valence-electron chi connectivity index (χ4n) is 3.63. The molecular formula is C20H29N3O. The normalized spacial score (nSPS) is 16.7. The topological polar surface area (TPSA) is 56.9 Å². The molecule has 1 amide bonds. The van der Waals surface area contributed by atoms with Gasteiger partial charge in [0.15, 0.2) is 0 Å². The van der Waals surface area contributed by atoms with Crippen molar-refractivity contribution in [2.75, 3.05) is 13.1 Å². The van der Waals surface area contributed by atoms with E-state index in [4.69, 9.17) is 0 Å². The molecule has 1 aliphatic rings. The monoisotopic (exact) mass is 327 g/mol. The number of amides is 1. The lowest BCUT2D eigenvalue weighted by Gasteiger charge is -2.20. The minimum Gasteiger partial charge on any atom is -0.361 e. The van der Waals surface area contributed by atoms with Gasteiger partial charge in [-0.2, -0.15) is 0 Å². The van der Waals surface area contributed by atoms with Gasteiger partial charge >= 0.3 is 0 Å². The highest BCUT2D eigenvalue weighted by atomic mass is 16.1. The van der Waals surface area contributed by atoms with Gasteiger partial charge in [-0.05, 0) is 30.9 Å². The van der Waals surface area contributed by atoms with Gasteiger partial charge in [0.25, 0.3) is 0 Å². The number of carbonyl (C=O) groups is 1. The van der Waals surface area contributed by atoms with E-state index in [1.165, 1.54) is 55.9 Å². The molecule has 0 unspecified atom stereocenters. The van der Waals surface area contributed by atoms with Crippen LogP contribution >= 0.6 is 0 Å². The van der Waals surface area contributed by atoms with Crippen LogP contribution in [0, 0.1) is 0 Å². The molecule has 1 heterocycles. The zero-order valence-corrected chi connectivity index (χ0v) is 14.4. The third kappa shape index (κ3) is 4.84. The SMILES string of the molecule is O=C(CNC1CCCCCCC1)NCCc1c[nH]c2ccccc12. The molecular weight excluding hydrogens is 298 g/mol. The Balaban J connectivity index is 1.38. The first kappa shape index (κ1) is 17.0. The second-order valence-corrected chi connectivity index (χ2v) is 6.88. The third-order valence-corrected chi connectivity index (χ3v) is 5.05. The number of para-hydroxylation sites is 1. The summed E-state index contributed by atoms with van der Waals surface area (Å²) in [5.74, 6) is 0.108. The lowest BCUT2D eigenvalue weighted by molar-refractivity contribution is -0.120. The number of carbonyl (C=O) groups excluding carboxylic acids is 1. The molecule has 3 rings (SSSR count). The molecule has 2 aromatic rings. The van der Waals surface area contributed by atoms with E-state index in [1.54, 1.807) is 0 Å². The Morgan fingerprint density at radius 3 is 2.67 bits per heavy atom. The Morgan fingerprint density at radius 2 is 1.83 bits per heavy atom. The average molecular weight is 327 g/mol. The Labute approximate surface area is 144 Å². The van der Waals surface area contributed by atoms with Gasteiger partial charge in [-0.25, -0.2) is 0 Å². The van der Waals surface area contributed by atoms with Crippen molar-refractivity contribution >= 4 is 16.8 Å². The van der Waals surface area contributed by atoms with Gasteiger partial charge in [-0.1, -0.05) is 50.3 Å². The largest absolute Gasteiger partial charge is 0.361 e. The minimum atomic E-state index is 0.108. The maximum absolute atomic E-state index is 12.1. The van der Waals surface area contributed by atoms with Crippen molar-refractivity contribution in [2.24, 2.45) is 0 Å². The molecule has 1 aromatic carbocycles. The second-order valence-electron chi connectivity index (χ2n) is 6.88. The lowest BCUT2D eigenvalue weighted by atomic mass is 9.97. The molecule has 1 aromatic heterocycles. The molecule has 1 saturated carbocycles. The first-order chi connectivity index (χ1) is 11.8. The summed E-state index contributed by atoms with van der Waals surface area (Å²) in [7, 11) is 0. The number of rotatable bonds is 6. The van der Waals surface area contributed by atoms with Crippen molar-refractivity contribution in [3.05, 3.63) is 36.0 Å². The van der Waals surface area contributed by atoms with Crippen molar-refractivity contribution in [2.45, 2.75) is 57.4 Å². The molecule has 4 nitrogen and oxygen atoms in total. The van der Waals surface area contributed by atoms with E-state index < -0.39 is 0 Å². The molecule has 0 bridgehead atoms. The van der Waals surface area contributed by atoms with Crippen molar-refractivity contribution < 1.29 is 4.79 Å². The van der Waals surface area contributed by atoms with Crippen molar-refractivity contribution in [1.82, 2.24) is 15.6 Å². The standard InChI is InChI=1S/C20H29N3O/c24-20(15-22-17-8-4-2-1-3-5-9-17)21-13-12-16-14-23-19-11-7-6-10-18(16)19/h6-7,10-11,14,17,22-23H,1-5,8-9,12-13,15H2,(H,21,24). The molecule has 0 aliphatic heterocycles. The molecule has 0 atom stereocenters. The highest BCUT2D eigenvalue weighted by Gasteiger charge is 2.12. The van der Waals surface area contributed by atoms with Gasteiger partial charge in [0.2, 0.25) is 5.91 Å². The predicted octanol–water partition coefficient (Wildman–Crippen LogP) is 3.53. The summed E-state index contributed by atoms with van der Waals surface area (Å²) < 4.78 is 0. The highest BCUT2D eigenvalue weighted by Crippen LogP contribution is 2.18. The number of aromatic amines is 1. The Hall–Kier alpha value is -1.81. The molecule has 3 N–H and O–H groups in total. The van der Waals surface area contributed by atoms with Crippen molar-refractivity contribution in [3.8, 4) is 0 Å². The zero-order chi connectivity index (χ0) is 16.6. The predicted molar refractivity (Wildman–Crippen MR) is 99.1 cm³/mol. The number of nitrogens with one attached hydrogen (secondary N) is 3. The van der Waals surface area contributed by atoms with Gasteiger partial charge in [-0.15, -0.1) is 0 Å². The van der Waals surface area contributed by atoms with Crippen molar-refractivity contribution in [1.29, 1.82) is 0 Å². The van der Waals surface area contributed by atoms with E-state index in [9.17, 15) is 4.79 Å². The molecule has 24 heavy (non-hydrogen) atoms. The van der Waals surface area contributed by atoms with Gasteiger partial charge in [0.05, 0.1) is 6.54 Å². The van der Waals surface area contributed by atoms with E-state index in [-0.39, 0.29) is 5.91 Å². The number of hydrogen-bond donors (Lipinski definition) is 3. The average Bonchev–Trinajstić information content (AvgIpc) is 2.97. The van der Waals surface area contributed by atoms with Gasteiger partial charge in [0, 0.05) is 29.7 Å². The highest BCUT2D eigenvalue weighted by molar-refractivity contribution is 5.83. The number of H-pyrrole nitrogens is 1. The smallest absolute Gasteiger partial charge is 0.233 e. The summed E-state index contributed by atoms with van der Waals surface area (Å²) in [5.41, 5.74) is 2.42. The number of fused-ring (bicyclic) bond motifs is 1. The first-order valence-corrected chi connectivity index (χ1v) is 9.38. The van der Waals surface area contributed by atoms with Crippen LogP contribution in [0.1, 0.15) is 50.5 Å². The van der Waals surface area contributed by atoms with Crippen LogP contribution in [0.25, 0.3) is 10.9 Å². The summed E-state index contributed by atoms with van der Waals surface area (Å²) in [6.45, 7) is 1.13. The number of hydrogen-bond acceptors (Lipinski definition) is 2. The van der Waals surface area contributed by atoms with E-state index in [0.717, 1.165) is 11.9 Å². The molecule has 1 aliphatic carbocycles. The van der Waals surface area contributed by atoms with E-state index in [1.807, 2.05) is 12.3 Å². The summed E-state index contributed by atoms with van der Waals surface area (Å²) >= 11 is 0. The van der Waals surface area contributed by atoms with E-state index >= 15 is 0 Å². The van der Waals surface area contributed by atoms with Gasteiger partial charge < -0.3 is 15.6 Å². The molecule has 4 heteroatoms. The van der Waals surface area contributed by atoms with Crippen LogP contribution in [0.3, 0.4) is 0 Å². The quantitative estimate of drug-likeness (QED) is 0.760. The molecule has 0 spiro atoms. The van der Waals surface area contributed by atoms with Crippen LogP contribution in [-0.2, 0) is 11.2 Å². The van der Waals surface area contributed by atoms with Crippen LogP contribution in [0.15, 0.2) is 30.5 Å². The van der Waals surface area contributed by atoms with Gasteiger partial charge in [-0.3, -0.25) is 4.79 Å². The van der Waals surface area contributed by atoms with Crippen LogP contribution in [-0.4, -0.2) is 30.0 Å². The second kappa shape index (κ2) is 8.88. The molecule has 130 valence electrons. The molecule has 0 radical (unpaired) electrons. The van der Waals surface area contributed by atoms with Crippen LogP contribution < -0.4 is 10.6 Å². The third-order valence-electron chi connectivity index (χ3n) is 5.05. The number of benzene rings is 1. The Bertz CT molecular complexity index is 641. The maximum Gasteiger partial charge on any atom is 0.233 e. The first-order valence-electron chi connectivity index (χ1n) is 9.38. The fraction of sp³-hybridized carbons (Fsp3) is 0.550. The number of aromatic nitrogens is 1. The van der Waals surface area contributed by atoms with Crippen molar-refractivity contribution in [3.63, 3.8) is 0 Å². The summed E-state index contributed by atoms with van der Waals surface area (Å²) in [4.78, 5) is 15.3. The molecule has 1 fully saturated rings. The van der Waals surface area contributed by atoms with E-state index in [0.29, 0.717) is 19.1 Å². The Kier molecular flexibility index (Phi) is 6.30. The summed E-state index contributed by atoms with van der Waals surface area (Å²) in [6.07, 6.45) is 12.0. The summed E-state index contributed by atoms with van der Waals surface area (Å²) in [5, 5.41) is 7.73. The minimum absolute atomic E-state index is 0.108. The lowest BCUT2D eigenvalue weighted by Crippen LogP contribution is -2.40. The zero-order valence-electron chi connectivity index (χ0n) is 14.4. The van der Waals surface area contributed by atoms with Crippen LogP contribution in [0.5, 0.6) is 0 Å². The fourth-order valence-corrected chi connectivity index (χ4v) is 3.63. The maximum atomic E-state index is 12.1. The van der Waals surface area contributed by atoms with E-state index in [2.05, 4.69) is 33.8 Å². The molecule has 0 saturated heterocycles. The van der Waals surface area contributed by atoms with Crippen LogP contribution in [0.4, 0.5) is 0 Å². The van der Waals surface area contributed by atoms with Gasteiger partial charge in [0.1, 0.15) is 0 Å². The van der Waals surface area contributed by atoms with Crippen LogP contribution in [0.2, 0.25) is 0 Å². The Morgan fingerprint density at radius 1 is 1.08 bits per heavy atom.